The van der Waals surface area contributed by atoms with Gasteiger partial charge in [-0.25, -0.2) is 9.97 Å². The van der Waals surface area contributed by atoms with Gasteiger partial charge in [0, 0.05) is 18.0 Å². The van der Waals surface area contributed by atoms with Gasteiger partial charge in [0.05, 0.1) is 19.7 Å². The monoisotopic (exact) mass is 261 g/mol. The number of hydrogen-bond acceptors (Lipinski definition) is 5. The highest BCUT2D eigenvalue weighted by molar-refractivity contribution is 5.91. The Hall–Kier alpha value is -2.04. The average Bonchev–Trinajstić information content (AvgIpc) is 2.46. The topological polar surface area (TPSA) is 56.3 Å². The minimum Gasteiger partial charge on any atom is -0.493 e. The lowest BCUT2D eigenvalue weighted by atomic mass is 10.2. The molecule has 1 aromatic carbocycles. The zero-order chi connectivity index (χ0) is 13.7. The van der Waals surface area contributed by atoms with Gasteiger partial charge in [-0.2, -0.15) is 0 Å². The third-order valence-corrected chi connectivity index (χ3v) is 2.96. The highest BCUT2D eigenvalue weighted by Gasteiger charge is 2.10. The van der Waals surface area contributed by atoms with Crippen LogP contribution in [0.15, 0.2) is 18.5 Å². The van der Waals surface area contributed by atoms with Gasteiger partial charge in [-0.05, 0) is 12.5 Å². The van der Waals surface area contributed by atoms with Gasteiger partial charge < -0.3 is 14.8 Å². The first-order chi connectivity index (χ1) is 9.30. The summed E-state index contributed by atoms with van der Waals surface area (Å²) < 4.78 is 10.6. The lowest BCUT2D eigenvalue weighted by molar-refractivity contribution is 0.356. The van der Waals surface area contributed by atoms with Crippen molar-refractivity contribution in [3.05, 3.63) is 18.5 Å². The van der Waals surface area contributed by atoms with Crippen LogP contribution < -0.4 is 14.8 Å². The maximum atomic E-state index is 5.32. The van der Waals surface area contributed by atoms with Crippen molar-refractivity contribution in [2.24, 2.45) is 0 Å². The number of aromatic nitrogens is 2. The fourth-order valence-electron chi connectivity index (χ4n) is 1.91. The number of nitrogens with one attached hydrogen (secondary N) is 1. The molecule has 0 atom stereocenters. The first-order valence-electron chi connectivity index (χ1n) is 6.40. The van der Waals surface area contributed by atoms with Crippen molar-refractivity contribution in [2.45, 2.75) is 19.8 Å². The van der Waals surface area contributed by atoms with E-state index in [0.717, 1.165) is 36.1 Å². The number of ether oxygens (including phenoxy) is 2. The molecule has 2 aromatic rings. The van der Waals surface area contributed by atoms with Crippen molar-refractivity contribution in [1.82, 2.24) is 9.97 Å². The van der Waals surface area contributed by atoms with Crippen LogP contribution in [0.3, 0.4) is 0 Å². The molecule has 1 heterocycles. The van der Waals surface area contributed by atoms with E-state index < -0.39 is 0 Å². The summed E-state index contributed by atoms with van der Waals surface area (Å²) in [5, 5.41) is 4.27. The Morgan fingerprint density at radius 3 is 2.53 bits per heavy atom. The summed E-state index contributed by atoms with van der Waals surface area (Å²) in [5.41, 5.74) is 0.839. The molecule has 0 aliphatic heterocycles. The normalized spacial score (nSPS) is 10.5. The van der Waals surface area contributed by atoms with E-state index in [-0.39, 0.29) is 0 Å². The van der Waals surface area contributed by atoms with E-state index in [4.69, 9.17) is 9.47 Å². The minimum absolute atomic E-state index is 0.674. The van der Waals surface area contributed by atoms with E-state index in [1.165, 1.54) is 0 Å². The second-order valence-corrected chi connectivity index (χ2v) is 4.23. The van der Waals surface area contributed by atoms with Gasteiger partial charge in [0.1, 0.15) is 12.1 Å². The quantitative estimate of drug-likeness (QED) is 0.810. The second-order valence-electron chi connectivity index (χ2n) is 4.23. The van der Waals surface area contributed by atoms with Crippen LogP contribution in [0.5, 0.6) is 11.5 Å². The summed E-state index contributed by atoms with van der Waals surface area (Å²) in [6.45, 7) is 3.06. The fourth-order valence-corrected chi connectivity index (χ4v) is 1.91. The van der Waals surface area contributed by atoms with Crippen LogP contribution in [0, 0.1) is 0 Å². The molecule has 2 rings (SSSR count). The lowest BCUT2D eigenvalue weighted by Crippen LogP contribution is -2.04. The largest absolute Gasteiger partial charge is 0.493 e. The average molecular weight is 261 g/mol. The van der Waals surface area contributed by atoms with Gasteiger partial charge in [0.2, 0.25) is 0 Å². The molecule has 0 spiro atoms. The first kappa shape index (κ1) is 13.4. The number of benzene rings is 1. The third kappa shape index (κ3) is 2.86. The summed E-state index contributed by atoms with van der Waals surface area (Å²) in [7, 11) is 3.24. The van der Waals surface area contributed by atoms with Gasteiger partial charge in [-0.3, -0.25) is 0 Å². The van der Waals surface area contributed by atoms with Gasteiger partial charge in [0.15, 0.2) is 11.5 Å². The highest BCUT2D eigenvalue weighted by atomic mass is 16.5. The van der Waals surface area contributed by atoms with Crippen LogP contribution in [-0.2, 0) is 0 Å². The number of fused-ring (bicyclic) bond motifs is 1. The van der Waals surface area contributed by atoms with Gasteiger partial charge in [-0.15, -0.1) is 0 Å². The molecule has 0 fully saturated rings. The number of anilines is 1. The van der Waals surface area contributed by atoms with Crippen LogP contribution >= 0.6 is 0 Å². The molecule has 102 valence electrons. The molecule has 0 bridgehead atoms. The highest BCUT2D eigenvalue weighted by Crippen LogP contribution is 2.33. The van der Waals surface area contributed by atoms with E-state index in [1.54, 1.807) is 20.5 Å². The molecule has 1 N–H and O–H groups in total. The van der Waals surface area contributed by atoms with Crippen LogP contribution in [0.25, 0.3) is 10.9 Å². The predicted molar refractivity (Wildman–Crippen MR) is 76.0 cm³/mol. The maximum absolute atomic E-state index is 5.32. The van der Waals surface area contributed by atoms with Gasteiger partial charge in [-0.1, -0.05) is 13.3 Å². The molecule has 5 heteroatoms. The molecule has 5 nitrogen and oxygen atoms in total. The fraction of sp³-hybridized carbons (Fsp3) is 0.429. The minimum atomic E-state index is 0.674. The van der Waals surface area contributed by atoms with Crippen LogP contribution in [-0.4, -0.2) is 30.7 Å². The van der Waals surface area contributed by atoms with Crippen molar-refractivity contribution in [3.63, 3.8) is 0 Å². The molecular weight excluding hydrogens is 242 g/mol. The first-order valence-corrected chi connectivity index (χ1v) is 6.40. The van der Waals surface area contributed by atoms with E-state index in [1.807, 2.05) is 12.1 Å². The molecule has 0 amide bonds. The molecule has 19 heavy (non-hydrogen) atoms. The third-order valence-electron chi connectivity index (χ3n) is 2.96. The number of nitrogens with zero attached hydrogens (tertiary/aromatic N) is 2. The molecule has 0 radical (unpaired) electrons. The van der Waals surface area contributed by atoms with Gasteiger partial charge in [0.25, 0.3) is 0 Å². The maximum Gasteiger partial charge on any atom is 0.162 e. The summed E-state index contributed by atoms with van der Waals surface area (Å²) in [4.78, 5) is 8.56. The summed E-state index contributed by atoms with van der Waals surface area (Å²) in [6.07, 6.45) is 3.81. The van der Waals surface area contributed by atoms with Crippen LogP contribution in [0.1, 0.15) is 19.8 Å². The second kappa shape index (κ2) is 6.22. The van der Waals surface area contributed by atoms with Crippen molar-refractivity contribution in [1.29, 1.82) is 0 Å². The SMILES string of the molecule is CCCCNc1ncnc2cc(OC)c(OC)cc12. The lowest BCUT2D eigenvalue weighted by Gasteiger charge is -2.11. The summed E-state index contributed by atoms with van der Waals surface area (Å²) in [5.74, 6) is 2.19. The van der Waals surface area contributed by atoms with Crippen molar-refractivity contribution in [2.75, 3.05) is 26.1 Å². The van der Waals surface area contributed by atoms with E-state index in [9.17, 15) is 0 Å². The Morgan fingerprint density at radius 2 is 1.84 bits per heavy atom. The van der Waals surface area contributed by atoms with E-state index in [2.05, 4.69) is 22.2 Å². The molecular formula is C14H19N3O2. The van der Waals surface area contributed by atoms with Crippen molar-refractivity contribution >= 4 is 16.7 Å². The van der Waals surface area contributed by atoms with Crippen molar-refractivity contribution < 1.29 is 9.47 Å². The zero-order valence-corrected chi connectivity index (χ0v) is 11.6. The Kier molecular flexibility index (Phi) is 4.39. The molecule has 0 aliphatic carbocycles. The Morgan fingerprint density at radius 1 is 1.11 bits per heavy atom. The zero-order valence-electron chi connectivity index (χ0n) is 11.6. The smallest absolute Gasteiger partial charge is 0.162 e. The summed E-state index contributed by atoms with van der Waals surface area (Å²) in [6, 6.07) is 3.77. The van der Waals surface area contributed by atoms with Gasteiger partial charge >= 0.3 is 0 Å². The molecule has 0 saturated carbocycles. The Bertz CT molecular complexity index is 558. The molecule has 1 aromatic heterocycles. The molecule has 0 aliphatic rings. The molecule has 0 saturated heterocycles. The van der Waals surface area contributed by atoms with E-state index >= 15 is 0 Å². The van der Waals surface area contributed by atoms with Crippen LogP contribution in [0.4, 0.5) is 5.82 Å². The number of hydrogen-bond donors (Lipinski definition) is 1. The number of unbranched alkanes of at least 4 members (excludes halogenated alkanes) is 1. The Labute approximate surface area is 113 Å². The summed E-state index contributed by atoms with van der Waals surface area (Å²) >= 11 is 0. The van der Waals surface area contributed by atoms with E-state index in [0.29, 0.717) is 11.5 Å². The predicted octanol–water partition coefficient (Wildman–Crippen LogP) is 2.86. The standard InChI is InChI=1S/C14H19N3O2/c1-4-5-6-15-14-10-7-12(18-2)13(19-3)8-11(10)16-9-17-14/h7-9H,4-6H2,1-3H3,(H,15,16,17). The van der Waals surface area contributed by atoms with Crippen molar-refractivity contribution in [3.8, 4) is 11.5 Å². The Balaban J connectivity index is 2.42. The van der Waals surface area contributed by atoms with Crippen LogP contribution in [0.2, 0.25) is 0 Å². The molecule has 0 unspecified atom stereocenters. The number of methoxy groups -OCH3 is 2. The number of rotatable bonds is 6.